The molecule has 1 amide bonds. The predicted molar refractivity (Wildman–Crippen MR) is 70.5 cm³/mol. The van der Waals surface area contributed by atoms with E-state index in [0.29, 0.717) is 5.75 Å². The lowest BCUT2D eigenvalue weighted by atomic mass is 9.78. The van der Waals surface area contributed by atoms with Crippen molar-refractivity contribution in [3.8, 4) is 5.75 Å². The number of rotatable bonds is 3. The molecule has 0 aliphatic carbocycles. The molecule has 1 aromatic rings. The first kappa shape index (κ1) is 14.5. The Morgan fingerprint density at radius 2 is 1.78 bits per heavy atom. The molecule has 0 aromatic heterocycles. The number of aliphatic hydroxyl groups is 1. The molecule has 2 N–H and O–H groups in total. The molecule has 0 heterocycles. The molecular weight excluding hydrogens is 230 g/mol. The van der Waals surface area contributed by atoms with Crippen molar-refractivity contribution in [1.82, 2.24) is 5.32 Å². The van der Waals surface area contributed by atoms with E-state index in [1.54, 1.807) is 31.2 Å². The second-order valence-electron chi connectivity index (χ2n) is 5.58. The third-order valence-electron chi connectivity index (χ3n) is 3.15. The van der Waals surface area contributed by atoms with E-state index in [4.69, 9.17) is 4.74 Å². The topological polar surface area (TPSA) is 58.6 Å². The normalized spacial score (nSPS) is 14.7. The standard InChI is InChI=1S/C14H21NO3/c1-13(2,3)14(4,17)10-15-12(16)18-11-8-6-5-7-9-11/h5-9,17H,10H2,1-4H3,(H,15,16). The minimum atomic E-state index is -0.997. The summed E-state index contributed by atoms with van der Waals surface area (Å²) in [7, 11) is 0. The van der Waals surface area contributed by atoms with Gasteiger partial charge in [-0.15, -0.1) is 0 Å². The summed E-state index contributed by atoms with van der Waals surface area (Å²) in [5.41, 5.74) is -1.32. The van der Waals surface area contributed by atoms with Gasteiger partial charge in [-0.25, -0.2) is 4.79 Å². The maximum absolute atomic E-state index is 11.5. The van der Waals surface area contributed by atoms with E-state index in [9.17, 15) is 9.90 Å². The van der Waals surface area contributed by atoms with Gasteiger partial charge in [-0.1, -0.05) is 39.0 Å². The number of ether oxygens (including phenoxy) is 1. The predicted octanol–water partition coefficient (Wildman–Crippen LogP) is 2.57. The van der Waals surface area contributed by atoms with Gasteiger partial charge in [0.15, 0.2) is 0 Å². The number of hydrogen-bond acceptors (Lipinski definition) is 3. The van der Waals surface area contributed by atoms with E-state index in [1.807, 2.05) is 26.8 Å². The van der Waals surface area contributed by atoms with Gasteiger partial charge < -0.3 is 15.2 Å². The summed E-state index contributed by atoms with van der Waals surface area (Å²) < 4.78 is 5.06. The van der Waals surface area contributed by atoms with Crippen molar-refractivity contribution in [3.63, 3.8) is 0 Å². The quantitative estimate of drug-likeness (QED) is 0.868. The maximum atomic E-state index is 11.5. The summed E-state index contributed by atoms with van der Waals surface area (Å²) >= 11 is 0. The maximum Gasteiger partial charge on any atom is 0.412 e. The van der Waals surface area contributed by atoms with Gasteiger partial charge in [-0.2, -0.15) is 0 Å². The summed E-state index contributed by atoms with van der Waals surface area (Å²) in [4.78, 5) is 11.5. The Morgan fingerprint density at radius 3 is 2.28 bits per heavy atom. The van der Waals surface area contributed by atoms with Gasteiger partial charge in [-0.05, 0) is 24.5 Å². The Morgan fingerprint density at radius 1 is 1.22 bits per heavy atom. The third-order valence-corrected chi connectivity index (χ3v) is 3.15. The average Bonchev–Trinajstić information content (AvgIpc) is 2.26. The second kappa shape index (κ2) is 5.40. The van der Waals surface area contributed by atoms with Gasteiger partial charge in [-0.3, -0.25) is 0 Å². The first-order valence-electron chi connectivity index (χ1n) is 5.95. The van der Waals surface area contributed by atoms with E-state index in [-0.39, 0.29) is 12.0 Å². The van der Waals surface area contributed by atoms with Gasteiger partial charge in [0.1, 0.15) is 5.75 Å². The van der Waals surface area contributed by atoms with E-state index < -0.39 is 11.7 Å². The van der Waals surface area contributed by atoms with Crippen LogP contribution in [0.25, 0.3) is 0 Å². The zero-order valence-corrected chi connectivity index (χ0v) is 11.4. The van der Waals surface area contributed by atoms with Crippen LogP contribution in [0, 0.1) is 5.41 Å². The van der Waals surface area contributed by atoms with Crippen LogP contribution in [-0.2, 0) is 0 Å². The lowest BCUT2D eigenvalue weighted by Crippen LogP contribution is -2.49. The summed E-state index contributed by atoms with van der Waals surface area (Å²) in [6.07, 6.45) is -0.564. The highest BCUT2D eigenvalue weighted by Crippen LogP contribution is 2.29. The highest BCUT2D eigenvalue weighted by Gasteiger charge is 2.35. The number of amides is 1. The molecular formula is C14H21NO3. The van der Waals surface area contributed by atoms with Crippen LogP contribution in [0.5, 0.6) is 5.75 Å². The van der Waals surface area contributed by atoms with Crippen LogP contribution in [0.2, 0.25) is 0 Å². The molecule has 0 aliphatic rings. The largest absolute Gasteiger partial charge is 0.412 e. The number of nitrogens with one attached hydrogen (secondary N) is 1. The molecule has 0 radical (unpaired) electrons. The molecule has 18 heavy (non-hydrogen) atoms. The smallest absolute Gasteiger partial charge is 0.410 e. The fraction of sp³-hybridized carbons (Fsp3) is 0.500. The number of carbonyl (C=O) groups is 1. The first-order chi connectivity index (χ1) is 8.22. The molecule has 1 aromatic carbocycles. The minimum Gasteiger partial charge on any atom is -0.410 e. The van der Waals surface area contributed by atoms with Gasteiger partial charge >= 0.3 is 6.09 Å². The molecule has 0 spiro atoms. The van der Waals surface area contributed by atoms with Crippen molar-refractivity contribution in [3.05, 3.63) is 30.3 Å². The Hall–Kier alpha value is -1.55. The van der Waals surface area contributed by atoms with E-state index in [1.165, 1.54) is 0 Å². The van der Waals surface area contributed by atoms with E-state index >= 15 is 0 Å². The Bertz CT molecular complexity index is 393. The van der Waals surface area contributed by atoms with Crippen molar-refractivity contribution in [2.75, 3.05) is 6.54 Å². The lowest BCUT2D eigenvalue weighted by molar-refractivity contribution is -0.0381. The fourth-order valence-corrected chi connectivity index (χ4v) is 1.14. The van der Waals surface area contributed by atoms with Crippen molar-refractivity contribution in [2.45, 2.75) is 33.3 Å². The second-order valence-corrected chi connectivity index (χ2v) is 5.58. The highest BCUT2D eigenvalue weighted by atomic mass is 16.6. The number of para-hydroxylation sites is 1. The summed E-state index contributed by atoms with van der Waals surface area (Å²) in [6.45, 7) is 7.57. The molecule has 1 atom stereocenters. The van der Waals surface area contributed by atoms with Crippen molar-refractivity contribution in [2.24, 2.45) is 5.41 Å². The lowest BCUT2D eigenvalue weighted by Gasteiger charge is -2.36. The molecule has 4 nitrogen and oxygen atoms in total. The van der Waals surface area contributed by atoms with Crippen LogP contribution < -0.4 is 10.1 Å². The van der Waals surface area contributed by atoms with Gasteiger partial charge in [0.2, 0.25) is 0 Å². The molecule has 100 valence electrons. The zero-order chi connectivity index (χ0) is 13.8. The molecule has 0 saturated carbocycles. The van der Waals surface area contributed by atoms with Crippen molar-refractivity contribution >= 4 is 6.09 Å². The molecule has 0 aliphatic heterocycles. The SMILES string of the molecule is CC(C)(C)C(C)(O)CNC(=O)Oc1ccccc1. The Kier molecular flexibility index (Phi) is 4.35. The van der Waals surface area contributed by atoms with Crippen molar-refractivity contribution in [1.29, 1.82) is 0 Å². The summed E-state index contributed by atoms with van der Waals surface area (Å²) in [5.74, 6) is 0.477. The van der Waals surface area contributed by atoms with Gasteiger partial charge in [0.05, 0.1) is 5.60 Å². The Balaban J connectivity index is 2.48. The summed E-state index contributed by atoms with van der Waals surface area (Å²) in [6, 6.07) is 8.81. The first-order valence-corrected chi connectivity index (χ1v) is 5.95. The van der Waals surface area contributed by atoms with E-state index in [2.05, 4.69) is 5.32 Å². The molecule has 1 unspecified atom stereocenters. The number of carbonyl (C=O) groups excluding carboxylic acids is 1. The fourth-order valence-electron chi connectivity index (χ4n) is 1.14. The number of hydrogen-bond donors (Lipinski definition) is 2. The third kappa shape index (κ3) is 4.04. The van der Waals surface area contributed by atoms with Gasteiger partial charge in [0, 0.05) is 6.54 Å². The molecule has 0 saturated heterocycles. The van der Waals surface area contributed by atoms with Gasteiger partial charge in [0.25, 0.3) is 0 Å². The zero-order valence-electron chi connectivity index (χ0n) is 11.4. The minimum absolute atomic E-state index is 0.141. The van der Waals surface area contributed by atoms with Crippen LogP contribution >= 0.6 is 0 Å². The monoisotopic (exact) mass is 251 g/mol. The van der Waals surface area contributed by atoms with Crippen LogP contribution in [-0.4, -0.2) is 23.3 Å². The van der Waals surface area contributed by atoms with Crippen LogP contribution in [0.1, 0.15) is 27.7 Å². The van der Waals surface area contributed by atoms with Crippen LogP contribution in [0.15, 0.2) is 30.3 Å². The molecule has 0 bridgehead atoms. The van der Waals surface area contributed by atoms with E-state index in [0.717, 1.165) is 0 Å². The molecule has 4 heteroatoms. The highest BCUT2D eigenvalue weighted by molar-refractivity contribution is 5.70. The van der Waals surface area contributed by atoms with Crippen LogP contribution in [0.4, 0.5) is 4.79 Å². The summed E-state index contributed by atoms with van der Waals surface area (Å²) in [5, 5.41) is 12.8. The molecule has 1 rings (SSSR count). The number of benzene rings is 1. The van der Waals surface area contributed by atoms with Crippen molar-refractivity contribution < 1.29 is 14.6 Å². The molecule has 0 fully saturated rings. The Labute approximate surface area is 108 Å². The van der Waals surface area contributed by atoms with Crippen LogP contribution in [0.3, 0.4) is 0 Å². The average molecular weight is 251 g/mol.